The van der Waals surface area contributed by atoms with Crippen LogP contribution in [-0.2, 0) is 18.3 Å². The first-order valence-electron chi connectivity index (χ1n) is 15.8. The SMILES string of the molecule is C[C@@H]([C@@H]1[C@@H](F)CCN1C)n1ncc2c(N(C)CC(C)(C)O)nc(-c3noc4c3CCC[C@@]43CCCc4sc(N)c(C#N)c43)nc21. The Kier molecular flexibility index (Phi) is 7.18. The summed E-state index contributed by atoms with van der Waals surface area (Å²) in [5.74, 6) is 1.78. The molecule has 0 aromatic carbocycles. The number of hydrogen-bond acceptors (Lipinski definition) is 11. The quantitative estimate of drug-likeness (QED) is 0.305. The van der Waals surface area contributed by atoms with Gasteiger partial charge >= 0.3 is 0 Å². The Labute approximate surface area is 265 Å². The molecule has 3 aliphatic rings. The van der Waals surface area contributed by atoms with Gasteiger partial charge in [0.25, 0.3) is 0 Å². The zero-order valence-corrected chi connectivity index (χ0v) is 27.3. The topological polar surface area (TPSA) is 146 Å². The standard InChI is InChI=1S/C32H40FN9O2S/c1-17(25-21(33)10-13-40(25)4)42-30-20(15-36-42)29(41(5)16-31(2,3)43)37-28(38-30)24-18-8-6-11-32(26(18)44-39-24)12-7-9-22-23(32)19(14-34)27(35)45-22/h15,17,21,25,43H,6-13,16,35H2,1-5H3/t17-,21-,25+,32-/m0/s1. The van der Waals surface area contributed by atoms with Gasteiger partial charge in [0.15, 0.2) is 22.9 Å². The Morgan fingerprint density at radius 1 is 1.31 bits per heavy atom. The average molecular weight is 634 g/mol. The van der Waals surface area contributed by atoms with Crippen LogP contribution >= 0.6 is 11.3 Å². The highest BCUT2D eigenvalue weighted by Crippen LogP contribution is 2.55. The predicted octanol–water partition coefficient (Wildman–Crippen LogP) is 4.77. The molecular formula is C32H40FN9O2S. The van der Waals surface area contributed by atoms with Crippen molar-refractivity contribution in [2.75, 3.05) is 37.8 Å². The van der Waals surface area contributed by atoms with Crippen LogP contribution in [0.1, 0.15) is 86.2 Å². The number of nitriles is 1. The molecule has 0 bridgehead atoms. The second kappa shape index (κ2) is 10.7. The number of aliphatic hydroxyl groups is 1. The van der Waals surface area contributed by atoms with Gasteiger partial charge in [0, 0.05) is 30.6 Å². The largest absolute Gasteiger partial charge is 0.389 e. The summed E-state index contributed by atoms with van der Waals surface area (Å²) in [6.07, 6.45) is 6.49. The maximum absolute atomic E-state index is 15.1. The van der Waals surface area contributed by atoms with Gasteiger partial charge in [0.2, 0.25) is 0 Å². The van der Waals surface area contributed by atoms with E-state index in [1.165, 1.54) is 11.3 Å². The van der Waals surface area contributed by atoms with Crippen LogP contribution in [0.25, 0.3) is 22.6 Å². The molecule has 238 valence electrons. The van der Waals surface area contributed by atoms with Gasteiger partial charge in [-0.05, 0) is 78.3 Å². The van der Waals surface area contributed by atoms with Crippen molar-refractivity contribution in [3.63, 3.8) is 0 Å². The van der Waals surface area contributed by atoms with Crippen LogP contribution in [0.4, 0.5) is 15.2 Å². The molecule has 1 fully saturated rings. The van der Waals surface area contributed by atoms with Crippen molar-refractivity contribution in [2.45, 2.75) is 95.0 Å². The number of nitrogen functional groups attached to an aromatic ring is 1. The molecule has 4 aromatic rings. The number of thiophene rings is 1. The van der Waals surface area contributed by atoms with Gasteiger partial charge in [0.05, 0.1) is 40.2 Å². The van der Waals surface area contributed by atoms with Gasteiger partial charge in [-0.15, -0.1) is 11.3 Å². The molecule has 1 aliphatic heterocycles. The van der Waals surface area contributed by atoms with Gasteiger partial charge in [0.1, 0.15) is 23.1 Å². The zero-order chi connectivity index (χ0) is 31.8. The number of rotatable bonds is 6. The molecular weight excluding hydrogens is 593 g/mol. The molecule has 13 heteroatoms. The van der Waals surface area contributed by atoms with E-state index in [0.717, 1.165) is 60.3 Å². The lowest BCUT2D eigenvalue weighted by atomic mass is 9.63. The first kappa shape index (κ1) is 30.1. The molecule has 4 aromatic heterocycles. The molecule has 5 heterocycles. The van der Waals surface area contributed by atoms with Crippen molar-refractivity contribution < 1.29 is 14.0 Å². The minimum Gasteiger partial charge on any atom is -0.389 e. The Hall–Kier alpha value is -3.60. The molecule has 7 rings (SSSR count). The highest BCUT2D eigenvalue weighted by molar-refractivity contribution is 7.16. The normalized spacial score (nSPS) is 24.1. The van der Waals surface area contributed by atoms with Gasteiger partial charge in [-0.1, -0.05) is 5.16 Å². The summed E-state index contributed by atoms with van der Waals surface area (Å²) in [4.78, 5) is 15.2. The number of aromatic nitrogens is 5. The second-order valence-corrected chi connectivity index (χ2v) is 14.9. The predicted molar refractivity (Wildman–Crippen MR) is 171 cm³/mol. The fourth-order valence-electron chi connectivity index (χ4n) is 8.22. The van der Waals surface area contributed by atoms with E-state index in [1.54, 1.807) is 24.7 Å². The van der Waals surface area contributed by atoms with Crippen molar-refractivity contribution in [2.24, 2.45) is 0 Å². The molecule has 4 atom stereocenters. The Bertz CT molecular complexity index is 1800. The highest BCUT2D eigenvalue weighted by Gasteiger charge is 2.49. The van der Waals surface area contributed by atoms with Crippen LogP contribution in [0.2, 0.25) is 0 Å². The summed E-state index contributed by atoms with van der Waals surface area (Å²) < 4.78 is 23.2. The Morgan fingerprint density at radius 2 is 2.07 bits per heavy atom. The summed E-state index contributed by atoms with van der Waals surface area (Å²) in [6, 6.07) is 1.75. The molecule has 2 aliphatic carbocycles. The summed E-state index contributed by atoms with van der Waals surface area (Å²) in [6.45, 7) is 6.49. The molecule has 45 heavy (non-hydrogen) atoms. The van der Waals surface area contributed by atoms with Gasteiger partial charge in [-0.25, -0.2) is 19.0 Å². The van der Waals surface area contributed by atoms with E-state index in [4.69, 9.17) is 25.3 Å². The maximum atomic E-state index is 15.1. The van der Waals surface area contributed by atoms with Crippen LogP contribution in [0.5, 0.6) is 0 Å². The lowest BCUT2D eigenvalue weighted by Gasteiger charge is -2.39. The molecule has 0 radical (unpaired) electrons. The first-order chi connectivity index (χ1) is 21.4. The molecule has 11 nitrogen and oxygen atoms in total. The van der Waals surface area contributed by atoms with Crippen LogP contribution in [0.15, 0.2) is 10.7 Å². The number of hydrogen-bond donors (Lipinski definition) is 2. The molecule has 0 saturated carbocycles. The third-order valence-corrected chi connectivity index (χ3v) is 11.1. The zero-order valence-electron chi connectivity index (χ0n) is 26.5. The van der Waals surface area contributed by atoms with Gasteiger partial charge in [-0.2, -0.15) is 10.4 Å². The van der Waals surface area contributed by atoms with Crippen molar-refractivity contribution >= 4 is 33.2 Å². The Balaban J connectivity index is 1.40. The van der Waals surface area contributed by atoms with Gasteiger partial charge in [-0.3, -0.25) is 4.90 Å². The van der Waals surface area contributed by atoms with Crippen LogP contribution in [0, 0.1) is 11.3 Å². The van der Waals surface area contributed by atoms with Crippen LogP contribution in [-0.4, -0.2) is 79.9 Å². The smallest absolute Gasteiger partial charge is 0.186 e. The lowest BCUT2D eigenvalue weighted by Crippen LogP contribution is -2.38. The van der Waals surface area contributed by atoms with Crippen molar-refractivity contribution in [1.82, 2.24) is 29.8 Å². The van der Waals surface area contributed by atoms with Crippen molar-refractivity contribution in [1.29, 1.82) is 5.26 Å². The third kappa shape index (κ3) is 4.72. The fraction of sp³-hybridized carbons (Fsp3) is 0.594. The highest BCUT2D eigenvalue weighted by atomic mass is 32.1. The number of alkyl halides is 1. The van der Waals surface area contributed by atoms with E-state index < -0.39 is 17.2 Å². The van der Waals surface area contributed by atoms with Crippen LogP contribution < -0.4 is 10.6 Å². The molecule has 3 N–H and O–H groups in total. The van der Waals surface area contributed by atoms with E-state index in [9.17, 15) is 10.4 Å². The van der Waals surface area contributed by atoms with E-state index in [2.05, 4.69) is 11.2 Å². The summed E-state index contributed by atoms with van der Waals surface area (Å²) >= 11 is 1.52. The summed E-state index contributed by atoms with van der Waals surface area (Å²) in [5.41, 5.74) is 8.58. The Morgan fingerprint density at radius 3 is 2.76 bits per heavy atom. The number of likely N-dealkylation sites (N-methyl/N-ethyl adjacent to an activating group) is 2. The first-order valence-corrected chi connectivity index (χ1v) is 16.6. The number of anilines is 2. The average Bonchev–Trinajstić information content (AvgIpc) is 3.76. The van der Waals surface area contributed by atoms with E-state index in [1.807, 2.05) is 30.8 Å². The minimum absolute atomic E-state index is 0.288. The number of nitrogens with zero attached hydrogens (tertiary/aromatic N) is 8. The summed E-state index contributed by atoms with van der Waals surface area (Å²) in [5, 5.41) is 31.4. The number of aryl methyl sites for hydroxylation is 1. The van der Waals surface area contributed by atoms with E-state index in [0.29, 0.717) is 58.4 Å². The summed E-state index contributed by atoms with van der Waals surface area (Å²) in [7, 11) is 3.83. The molecule has 0 amide bonds. The third-order valence-electron chi connectivity index (χ3n) is 10.0. The monoisotopic (exact) mass is 633 g/mol. The van der Waals surface area contributed by atoms with Gasteiger partial charge < -0.3 is 20.3 Å². The number of likely N-dealkylation sites (tertiary alicyclic amines) is 1. The van der Waals surface area contributed by atoms with Crippen molar-refractivity contribution in [3.05, 3.63) is 33.5 Å². The maximum Gasteiger partial charge on any atom is 0.186 e. The minimum atomic E-state index is -0.984. The second-order valence-electron chi connectivity index (χ2n) is 13.8. The molecule has 1 saturated heterocycles. The number of fused-ring (bicyclic) bond motifs is 5. The number of halogens is 1. The molecule has 1 spiro atoms. The molecule has 0 unspecified atom stereocenters. The van der Waals surface area contributed by atoms with E-state index >= 15 is 4.39 Å². The fourth-order valence-corrected chi connectivity index (χ4v) is 9.38. The van der Waals surface area contributed by atoms with Crippen LogP contribution in [0.3, 0.4) is 0 Å². The number of nitrogens with two attached hydrogens (primary N) is 1. The lowest BCUT2D eigenvalue weighted by molar-refractivity contribution is 0.0885. The van der Waals surface area contributed by atoms with Crippen molar-refractivity contribution in [3.8, 4) is 17.6 Å². The van der Waals surface area contributed by atoms with E-state index in [-0.39, 0.29) is 12.1 Å².